The number of benzene rings is 2. The molecule has 0 unspecified atom stereocenters. The van der Waals surface area contributed by atoms with Gasteiger partial charge in [0.05, 0.1) is 28.2 Å². The quantitative estimate of drug-likeness (QED) is 0.386. The van der Waals surface area contributed by atoms with Crippen LogP contribution in [0.25, 0.3) is 16.9 Å². The minimum absolute atomic E-state index is 0.294. The molecular weight excluding hydrogens is 397 g/mol. The van der Waals surface area contributed by atoms with Gasteiger partial charge in [-0.25, -0.2) is 14.5 Å². The first-order valence-corrected chi connectivity index (χ1v) is 9.46. The molecule has 7 nitrogen and oxygen atoms in total. The van der Waals surface area contributed by atoms with Crippen LogP contribution in [0, 0.1) is 5.82 Å². The molecule has 154 valence electrons. The van der Waals surface area contributed by atoms with E-state index in [0.717, 1.165) is 5.56 Å². The molecule has 2 N–H and O–H groups in total. The van der Waals surface area contributed by atoms with Crippen molar-refractivity contribution in [2.75, 3.05) is 0 Å². The zero-order valence-corrected chi connectivity index (χ0v) is 16.5. The van der Waals surface area contributed by atoms with E-state index in [-0.39, 0.29) is 5.56 Å². The predicted octanol–water partition coefficient (Wildman–Crippen LogP) is 3.52. The Labute approximate surface area is 176 Å². The van der Waals surface area contributed by atoms with E-state index in [1.165, 1.54) is 35.1 Å². The number of nitrogens with zero attached hydrogens (tertiary/aromatic N) is 3. The van der Waals surface area contributed by atoms with Crippen LogP contribution < -0.4 is 11.0 Å². The molecule has 8 heteroatoms. The van der Waals surface area contributed by atoms with E-state index >= 15 is 0 Å². The monoisotopic (exact) mass is 415 g/mol. The van der Waals surface area contributed by atoms with Crippen molar-refractivity contribution in [3.8, 4) is 16.9 Å². The van der Waals surface area contributed by atoms with Crippen molar-refractivity contribution < 1.29 is 9.18 Å². The lowest BCUT2D eigenvalue weighted by molar-refractivity contribution is 0.0954. The Morgan fingerprint density at radius 3 is 2.48 bits per heavy atom. The standard InChI is InChI=1S/C23H18FN5O2/c1-15(26-27-22(30)17-8-5-13-25-14-17)20-21(16-6-3-2-4-7-16)28-29(23(20)31)19-11-9-18(24)10-12-19/h2-14,28H,1H3,(H,27,30)/b26-15+. The summed E-state index contributed by atoms with van der Waals surface area (Å²) in [4.78, 5) is 29.4. The number of hydrazone groups is 1. The minimum Gasteiger partial charge on any atom is -0.290 e. The molecule has 1 amide bonds. The van der Waals surface area contributed by atoms with Crippen molar-refractivity contribution in [3.05, 3.63) is 106 Å². The van der Waals surface area contributed by atoms with Crippen molar-refractivity contribution in [1.29, 1.82) is 0 Å². The average Bonchev–Trinajstić information content (AvgIpc) is 3.16. The number of H-pyrrole nitrogens is 1. The lowest BCUT2D eigenvalue weighted by Gasteiger charge is -2.04. The molecule has 0 aliphatic heterocycles. The number of carbonyl (C=O) groups excluding carboxylic acids is 1. The molecular formula is C23H18FN5O2. The zero-order valence-electron chi connectivity index (χ0n) is 16.5. The normalized spacial score (nSPS) is 11.4. The maximum atomic E-state index is 13.3. The van der Waals surface area contributed by atoms with E-state index in [4.69, 9.17) is 0 Å². The maximum Gasteiger partial charge on any atom is 0.281 e. The molecule has 0 spiro atoms. The fraction of sp³-hybridized carbons (Fsp3) is 0.0435. The van der Waals surface area contributed by atoms with Crippen LogP contribution in [0.5, 0.6) is 0 Å². The summed E-state index contributed by atoms with van der Waals surface area (Å²) in [7, 11) is 0. The number of aromatic nitrogens is 3. The number of nitrogens with one attached hydrogen (secondary N) is 2. The number of pyridine rings is 1. The summed E-state index contributed by atoms with van der Waals surface area (Å²) in [5.74, 6) is -0.842. The van der Waals surface area contributed by atoms with Gasteiger partial charge in [0.2, 0.25) is 0 Å². The molecule has 0 aliphatic rings. The van der Waals surface area contributed by atoms with Crippen molar-refractivity contribution in [2.45, 2.75) is 6.92 Å². The van der Waals surface area contributed by atoms with Crippen LogP contribution in [0.15, 0.2) is 89.0 Å². The van der Waals surface area contributed by atoms with Gasteiger partial charge in [0.1, 0.15) is 5.82 Å². The fourth-order valence-electron chi connectivity index (χ4n) is 3.11. The third-order valence-corrected chi connectivity index (χ3v) is 4.65. The van der Waals surface area contributed by atoms with Crippen LogP contribution in [-0.2, 0) is 0 Å². The lowest BCUT2D eigenvalue weighted by atomic mass is 10.1. The highest BCUT2D eigenvalue weighted by Gasteiger charge is 2.19. The summed E-state index contributed by atoms with van der Waals surface area (Å²) in [6.07, 6.45) is 2.99. The molecule has 4 rings (SSSR count). The van der Waals surface area contributed by atoms with Crippen molar-refractivity contribution in [2.24, 2.45) is 5.10 Å². The number of halogens is 1. The largest absolute Gasteiger partial charge is 0.290 e. The van der Waals surface area contributed by atoms with Gasteiger partial charge >= 0.3 is 0 Å². The van der Waals surface area contributed by atoms with Crippen LogP contribution in [0.2, 0.25) is 0 Å². The van der Waals surface area contributed by atoms with E-state index in [9.17, 15) is 14.0 Å². The van der Waals surface area contributed by atoms with E-state index in [0.29, 0.717) is 28.2 Å². The Morgan fingerprint density at radius 2 is 1.81 bits per heavy atom. The molecule has 0 aliphatic carbocycles. The van der Waals surface area contributed by atoms with Gasteiger partial charge in [-0.05, 0) is 43.3 Å². The van der Waals surface area contributed by atoms with Gasteiger partial charge in [-0.2, -0.15) is 5.10 Å². The number of aromatic amines is 1. The predicted molar refractivity (Wildman–Crippen MR) is 116 cm³/mol. The van der Waals surface area contributed by atoms with Gasteiger partial charge < -0.3 is 0 Å². The van der Waals surface area contributed by atoms with Gasteiger partial charge in [0.25, 0.3) is 11.5 Å². The summed E-state index contributed by atoms with van der Waals surface area (Å²) in [5, 5.41) is 7.22. The van der Waals surface area contributed by atoms with Crippen molar-refractivity contribution in [1.82, 2.24) is 20.2 Å². The first kappa shape index (κ1) is 20.0. The van der Waals surface area contributed by atoms with E-state index in [1.54, 1.807) is 25.3 Å². The van der Waals surface area contributed by atoms with Crippen LogP contribution in [-0.4, -0.2) is 26.4 Å². The molecule has 31 heavy (non-hydrogen) atoms. The minimum atomic E-state index is -0.442. The number of rotatable bonds is 5. The average molecular weight is 415 g/mol. The number of amides is 1. The third-order valence-electron chi connectivity index (χ3n) is 4.65. The van der Waals surface area contributed by atoms with Gasteiger partial charge in [-0.15, -0.1) is 0 Å². The van der Waals surface area contributed by atoms with Crippen molar-refractivity contribution in [3.63, 3.8) is 0 Å². The van der Waals surface area contributed by atoms with Crippen molar-refractivity contribution >= 4 is 11.6 Å². The fourth-order valence-corrected chi connectivity index (χ4v) is 3.11. The second kappa shape index (κ2) is 8.58. The topological polar surface area (TPSA) is 92.1 Å². The molecule has 0 saturated heterocycles. The number of hydrogen-bond donors (Lipinski definition) is 2. The maximum absolute atomic E-state index is 13.3. The Morgan fingerprint density at radius 1 is 1.06 bits per heavy atom. The molecule has 2 aromatic heterocycles. The van der Waals surface area contributed by atoms with Gasteiger partial charge in [0, 0.05) is 18.0 Å². The molecule has 2 heterocycles. The third kappa shape index (κ3) is 4.18. The molecule has 4 aromatic rings. The number of carbonyl (C=O) groups is 1. The smallest absolute Gasteiger partial charge is 0.281 e. The Bertz CT molecular complexity index is 1290. The van der Waals surface area contributed by atoms with Crippen LogP contribution in [0.1, 0.15) is 22.8 Å². The van der Waals surface area contributed by atoms with E-state index < -0.39 is 11.7 Å². The SMILES string of the molecule is C/C(=N\NC(=O)c1cccnc1)c1c(-c2ccccc2)[nH]n(-c2ccc(F)cc2)c1=O. The summed E-state index contributed by atoms with van der Waals surface area (Å²) in [5.41, 5.74) is 4.82. The highest BCUT2D eigenvalue weighted by molar-refractivity contribution is 6.04. The van der Waals surface area contributed by atoms with Crippen LogP contribution >= 0.6 is 0 Å². The summed E-state index contributed by atoms with van der Waals surface area (Å²) in [6.45, 7) is 1.63. The van der Waals surface area contributed by atoms with Gasteiger partial charge in [-0.1, -0.05) is 30.3 Å². The highest BCUT2D eigenvalue weighted by atomic mass is 19.1. The number of hydrogen-bond acceptors (Lipinski definition) is 4. The molecule has 0 fully saturated rings. The summed E-state index contributed by atoms with van der Waals surface area (Å²) in [6, 6.07) is 18.1. The summed E-state index contributed by atoms with van der Waals surface area (Å²) < 4.78 is 14.7. The first-order chi connectivity index (χ1) is 15.0. The second-order valence-electron chi connectivity index (χ2n) is 6.72. The van der Waals surface area contributed by atoms with E-state index in [1.807, 2.05) is 30.3 Å². The molecule has 0 bridgehead atoms. The van der Waals surface area contributed by atoms with Gasteiger partial charge in [0.15, 0.2) is 0 Å². The Hall–Kier alpha value is -4.33. The highest BCUT2D eigenvalue weighted by Crippen LogP contribution is 2.21. The zero-order chi connectivity index (χ0) is 21.8. The summed E-state index contributed by atoms with van der Waals surface area (Å²) >= 11 is 0. The first-order valence-electron chi connectivity index (χ1n) is 9.46. The van der Waals surface area contributed by atoms with Crippen LogP contribution in [0.3, 0.4) is 0 Å². The lowest BCUT2D eigenvalue weighted by Crippen LogP contribution is -2.23. The molecule has 0 radical (unpaired) electrons. The van der Waals surface area contributed by atoms with E-state index in [2.05, 4.69) is 20.6 Å². The van der Waals surface area contributed by atoms with Crippen LogP contribution in [0.4, 0.5) is 4.39 Å². The Kier molecular flexibility index (Phi) is 5.53. The second-order valence-corrected chi connectivity index (χ2v) is 6.72. The molecule has 0 atom stereocenters. The van der Waals surface area contributed by atoms with Gasteiger partial charge in [-0.3, -0.25) is 19.7 Å². The Balaban J connectivity index is 1.77. The molecule has 0 saturated carbocycles. The molecule has 2 aromatic carbocycles.